The number of nitrogens with one attached hydrogen (secondary N) is 1. The van der Waals surface area contributed by atoms with Crippen LogP contribution in [0.4, 0.5) is 0 Å². The van der Waals surface area contributed by atoms with Crippen LogP contribution in [0.1, 0.15) is 45.6 Å². The summed E-state index contributed by atoms with van der Waals surface area (Å²) in [5, 5.41) is 20.0. The molecule has 0 aliphatic carbocycles. The molecule has 3 heterocycles. The summed E-state index contributed by atoms with van der Waals surface area (Å²) in [4.78, 5) is 27.8. The van der Waals surface area contributed by atoms with E-state index in [0.717, 1.165) is 22.3 Å². The number of aromatic nitrogens is 6. The second-order valence-electron chi connectivity index (χ2n) is 12.5. The number of ketones is 1. The van der Waals surface area contributed by atoms with Gasteiger partial charge in [-0.05, 0) is 34.2 Å². The molecule has 3 N–H and O–H groups in total. The Balaban J connectivity index is 1.29. The van der Waals surface area contributed by atoms with Crippen LogP contribution < -0.4 is 11.1 Å². The van der Waals surface area contributed by atoms with Gasteiger partial charge in [-0.15, -0.1) is 10.2 Å². The van der Waals surface area contributed by atoms with Crippen molar-refractivity contribution in [1.82, 2.24) is 35.3 Å². The molecule has 1 aliphatic rings. The Morgan fingerprint density at radius 1 is 0.857 bits per heavy atom. The Hall–Kier alpha value is -5.43. The van der Waals surface area contributed by atoms with E-state index in [0.29, 0.717) is 42.2 Å². The molecule has 12 nitrogen and oxygen atoms in total. The fourth-order valence-corrected chi connectivity index (χ4v) is 7.66. The van der Waals surface area contributed by atoms with E-state index in [2.05, 4.69) is 32.5 Å². The van der Waals surface area contributed by atoms with E-state index in [1.165, 1.54) is 0 Å². The number of sulfone groups is 1. The molecule has 2 atom stereocenters. The van der Waals surface area contributed by atoms with Gasteiger partial charge >= 0.3 is 0 Å². The molecule has 1 aliphatic heterocycles. The summed E-state index contributed by atoms with van der Waals surface area (Å²) in [6.45, 7) is 4.65. The maximum absolute atomic E-state index is 14.0. The Kier molecular flexibility index (Phi) is 10.1. The van der Waals surface area contributed by atoms with E-state index >= 15 is 0 Å². The minimum atomic E-state index is -3.74. The van der Waals surface area contributed by atoms with Crippen LogP contribution in [-0.2, 0) is 57.5 Å². The Morgan fingerprint density at radius 2 is 1.49 bits per heavy atom. The van der Waals surface area contributed by atoms with E-state index in [-0.39, 0.29) is 30.8 Å². The third kappa shape index (κ3) is 9.14. The summed E-state index contributed by atoms with van der Waals surface area (Å²) < 4.78 is 30.3. The molecule has 49 heavy (non-hydrogen) atoms. The number of nitrogens with two attached hydrogens (primary N) is 1. The lowest BCUT2D eigenvalue weighted by Gasteiger charge is -2.21. The largest absolute Gasteiger partial charge is 0.399 e. The molecule has 5 aromatic rings. The quantitative estimate of drug-likeness (QED) is 0.238. The van der Waals surface area contributed by atoms with Crippen LogP contribution in [0.5, 0.6) is 0 Å². The number of hydrogen-bond donors (Lipinski definition) is 2. The van der Waals surface area contributed by atoms with Crippen molar-refractivity contribution >= 4 is 27.2 Å². The maximum atomic E-state index is 14.0. The van der Waals surface area contributed by atoms with Gasteiger partial charge in [-0.3, -0.25) is 9.59 Å². The number of amides is 1. The minimum absolute atomic E-state index is 0.0236. The highest BCUT2D eigenvalue weighted by Crippen LogP contribution is 2.18. The lowest BCUT2D eigenvalue weighted by molar-refractivity contribution is -0.129. The molecule has 0 spiro atoms. The second kappa shape index (κ2) is 14.8. The first-order valence-electron chi connectivity index (χ1n) is 16.1. The van der Waals surface area contributed by atoms with Gasteiger partial charge in [-0.25, -0.2) is 17.8 Å². The summed E-state index contributed by atoms with van der Waals surface area (Å²) in [7, 11) is -3.74. The highest BCUT2D eigenvalue weighted by Gasteiger charge is 2.31. The number of fused-ring (bicyclic) bond motifs is 6. The number of rotatable bonds is 9. The molecular formula is C36H38N8O4S. The summed E-state index contributed by atoms with van der Waals surface area (Å²) in [5.74, 6) is -2.45. The first kappa shape index (κ1) is 33.5. The van der Waals surface area contributed by atoms with Crippen molar-refractivity contribution < 1.29 is 18.0 Å². The van der Waals surface area contributed by atoms with Gasteiger partial charge in [0.05, 0.1) is 47.9 Å². The molecule has 0 saturated heterocycles. The van der Waals surface area contributed by atoms with Crippen molar-refractivity contribution in [3.63, 3.8) is 0 Å². The summed E-state index contributed by atoms with van der Waals surface area (Å²) in [6, 6.07) is 23.3. The van der Waals surface area contributed by atoms with Crippen molar-refractivity contribution in [3.05, 3.63) is 137 Å². The molecule has 1 amide bonds. The van der Waals surface area contributed by atoms with Crippen LogP contribution in [0.2, 0.25) is 0 Å². The number of aryl methyl sites for hydroxylation is 1. The standard InChI is InChI=1S/C36H38N8O4S/c1-25(37)30-13-10-26(11-14-30)12-15-35(45)34-18-33-22-44(42-40-33)20-29-9-5-8-28(16-29)19-43-21-32(39-41-43)17-31(36(46)38-34)24-49(47,48)23-27-6-3-2-4-7-27/h2-11,13-14,16,21-22,31,34H,1,12,15,17-20,23-24,37H2,(H,38,46)/t31-,34-/m0/s1. The third-order valence-electron chi connectivity index (χ3n) is 8.47. The van der Waals surface area contributed by atoms with E-state index in [1.807, 2.05) is 54.6 Å². The second-order valence-corrected chi connectivity index (χ2v) is 14.6. The van der Waals surface area contributed by atoms with Crippen molar-refractivity contribution in [2.45, 2.75) is 50.6 Å². The van der Waals surface area contributed by atoms with Gasteiger partial charge in [-0.2, -0.15) is 0 Å². The topological polar surface area (TPSA) is 168 Å². The van der Waals surface area contributed by atoms with Crippen LogP contribution in [0, 0.1) is 5.92 Å². The first-order valence-corrected chi connectivity index (χ1v) is 17.9. The SMILES string of the molecule is C=C(N)c1ccc(CCC(=O)[C@@H]2Cc3cn(nn3)Cc3cccc(c3)Cn3cc(nn3)C[C@@H](CS(=O)(=O)Cc3ccccc3)C(=O)N2)cc1. The summed E-state index contributed by atoms with van der Waals surface area (Å²) in [6.07, 6.45) is 4.18. The number of carbonyl (C=O) groups is 2. The van der Waals surface area contributed by atoms with Crippen molar-refractivity contribution in [1.29, 1.82) is 0 Å². The molecule has 0 fully saturated rings. The molecule has 252 valence electrons. The van der Waals surface area contributed by atoms with Gasteiger partial charge in [0, 0.05) is 37.4 Å². The highest BCUT2D eigenvalue weighted by atomic mass is 32.2. The van der Waals surface area contributed by atoms with Gasteiger partial charge in [0.2, 0.25) is 5.91 Å². The number of carbonyl (C=O) groups excluding carboxylic acids is 2. The number of benzene rings is 3. The van der Waals surface area contributed by atoms with Crippen molar-refractivity contribution in [2.75, 3.05) is 5.75 Å². The fraction of sp³-hybridized carbons (Fsp3) is 0.278. The van der Waals surface area contributed by atoms with Gasteiger partial charge in [0.1, 0.15) is 0 Å². The molecule has 6 rings (SSSR count). The van der Waals surface area contributed by atoms with Crippen LogP contribution in [0.25, 0.3) is 5.70 Å². The fourth-order valence-electron chi connectivity index (χ4n) is 5.96. The summed E-state index contributed by atoms with van der Waals surface area (Å²) >= 11 is 0. The van der Waals surface area contributed by atoms with Gasteiger partial charge in [0.15, 0.2) is 15.6 Å². The monoisotopic (exact) mass is 678 g/mol. The number of hydrogen-bond acceptors (Lipinski definition) is 9. The zero-order valence-corrected chi connectivity index (χ0v) is 27.8. The third-order valence-corrected chi connectivity index (χ3v) is 10.2. The number of nitrogens with zero attached hydrogens (tertiary/aromatic N) is 6. The van der Waals surface area contributed by atoms with Gasteiger partial charge < -0.3 is 11.1 Å². The highest BCUT2D eigenvalue weighted by molar-refractivity contribution is 7.90. The molecule has 2 aromatic heterocycles. The lowest BCUT2D eigenvalue weighted by Crippen LogP contribution is -2.47. The van der Waals surface area contributed by atoms with E-state index in [4.69, 9.17) is 5.73 Å². The average Bonchev–Trinajstić information content (AvgIpc) is 3.71. The number of Topliss-reactive ketones (excluding diaryl/α,β-unsaturated/α-hetero) is 1. The zero-order chi connectivity index (χ0) is 34.4. The van der Waals surface area contributed by atoms with Gasteiger partial charge in [0.25, 0.3) is 0 Å². The van der Waals surface area contributed by atoms with Crippen LogP contribution >= 0.6 is 0 Å². The first-order chi connectivity index (χ1) is 23.6. The van der Waals surface area contributed by atoms with E-state index in [1.54, 1.807) is 46.0 Å². The summed E-state index contributed by atoms with van der Waals surface area (Å²) in [5.41, 5.74) is 11.6. The Labute approximate surface area is 285 Å². The molecule has 0 saturated carbocycles. The van der Waals surface area contributed by atoms with Crippen LogP contribution in [0.15, 0.2) is 97.8 Å². The normalized spacial score (nSPS) is 16.8. The molecule has 0 radical (unpaired) electrons. The zero-order valence-electron chi connectivity index (χ0n) is 27.0. The lowest BCUT2D eigenvalue weighted by atomic mass is 9.98. The Morgan fingerprint density at radius 3 is 2.12 bits per heavy atom. The smallest absolute Gasteiger partial charge is 0.225 e. The van der Waals surface area contributed by atoms with E-state index in [9.17, 15) is 18.0 Å². The molecule has 6 bridgehead atoms. The van der Waals surface area contributed by atoms with E-state index < -0.39 is 33.5 Å². The minimum Gasteiger partial charge on any atom is -0.399 e. The maximum Gasteiger partial charge on any atom is 0.225 e. The average molecular weight is 679 g/mol. The molecule has 3 aromatic carbocycles. The van der Waals surface area contributed by atoms with Crippen LogP contribution in [-0.4, -0.2) is 61.9 Å². The van der Waals surface area contributed by atoms with Crippen molar-refractivity contribution in [2.24, 2.45) is 11.7 Å². The van der Waals surface area contributed by atoms with Crippen molar-refractivity contribution in [3.8, 4) is 0 Å². The predicted octanol–water partition coefficient (Wildman–Crippen LogP) is 2.91. The molecule has 0 unspecified atom stereocenters. The molecule has 13 heteroatoms. The van der Waals surface area contributed by atoms with Crippen LogP contribution in [0.3, 0.4) is 0 Å². The molecular weight excluding hydrogens is 641 g/mol. The predicted molar refractivity (Wildman–Crippen MR) is 184 cm³/mol. The van der Waals surface area contributed by atoms with Gasteiger partial charge in [-0.1, -0.05) is 95.9 Å². The Bertz CT molecular complexity index is 2060.